The topological polar surface area (TPSA) is 66.9 Å². The van der Waals surface area contributed by atoms with Crippen molar-refractivity contribution < 1.29 is 4.79 Å². The summed E-state index contributed by atoms with van der Waals surface area (Å²) in [6.45, 7) is 9.97. The van der Waals surface area contributed by atoms with Crippen LogP contribution in [0, 0.1) is 6.92 Å². The Kier molecular flexibility index (Phi) is 4.93. The summed E-state index contributed by atoms with van der Waals surface area (Å²) in [4.78, 5) is 21.3. The Labute approximate surface area is 127 Å². The SMILES string of the molecule is CCC(C)(C)NC(=O)c1cnc(C2CCCNC2)nc1C. The van der Waals surface area contributed by atoms with Crippen molar-refractivity contribution in [3.05, 3.63) is 23.3 Å². The fraction of sp³-hybridized carbons (Fsp3) is 0.688. The lowest BCUT2D eigenvalue weighted by Crippen LogP contribution is -2.43. The van der Waals surface area contributed by atoms with E-state index >= 15 is 0 Å². The molecule has 1 aromatic heterocycles. The average molecular weight is 290 g/mol. The highest BCUT2D eigenvalue weighted by Crippen LogP contribution is 2.20. The molecule has 1 aliphatic rings. The van der Waals surface area contributed by atoms with E-state index in [-0.39, 0.29) is 11.4 Å². The first-order chi connectivity index (χ1) is 9.93. The van der Waals surface area contributed by atoms with Crippen LogP contribution in [0.2, 0.25) is 0 Å². The lowest BCUT2D eigenvalue weighted by Gasteiger charge is -2.25. The molecule has 1 atom stereocenters. The van der Waals surface area contributed by atoms with Crippen molar-refractivity contribution in [2.24, 2.45) is 0 Å². The molecule has 2 N–H and O–H groups in total. The van der Waals surface area contributed by atoms with Crippen LogP contribution in [0.4, 0.5) is 0 Å². The Morgan fingerprint density at radius 3 is 2.86 bits per heavy atom. The molecule has 1 saturated heterocycles. The zero-order chi connectivity index (χ0) is 15.5. The predicted molar refractivity (Wildman–Crippen MR) is 83.4 cm³/mol. The van der Waals surface area contributed by atoms with Gasteiger partial charge in [-0.15, -0.1) is 0 Å². The third kappa shape index (κ3) is 4.00. The highest BCUT2D eigenvalue weighted by atomic mass is 16.1. The van der Waals surface area contributed by atoms with E-state index in [4.69, 9.17) is 0 Å². The third-order valence-electron chi connectivity index (χ3n) is 4.24. The molecular weight excluding hydrogens is 264 g/mol. The zero-order valence-corrected chi connectivity index (χ0v) is 13.5. The highest BCUT2D eigenvalue weighted by molar-refractivity contribution is 5.95. The van der Waals surface area contributed by atoms with Crippen molar-refractivity contribution in [3.8, 4) is 0 Å². The molecule has 116 valence electrons. The number of nitrogens with zero attached hydrogens (tertiary/aromatic N) is 2. The summed E-state index contributed by atoms with van der Waals surface area (Å²) in [6.07, 6.45) is 4.82. The van der Waals surface area contributed by atoms with Crippen molar-refractivity contribution >= 4 is 5.91 Å². The summed E-state index contributed by atoms with van der Waals surface area (Å²) >= 11 is 0. The van der Waals surface area contributed by atoms with Gasteiger partial charge in [-0.1, -0.05) is 6.92 Å². The minimum atomic E-state index is -0.213. The van der Waals surface area contributed by atoms with E-state index in [9.17, 15) is 4.79 Å². The van der Waals surface area contributed by atoms with Crippen LogP contribution in [0.15, 0.2) is 6.20 Å². The van der Waals surface area contributed by atoms with Gasteiger partial charge in [0, 0.05) is 24.2 Å². The van der Waals surface area contributed by atoms with Crippen LogP contribution < -0.4 is 10.6 Å². The van der Waals surface area contributed by atoms with Crippen LogP contribution in [0.1, 0.15) is 67.8 Å². The van der Waals surface area contributed by atoms with E-state index in [0.29, 0.717) is 11.5 Å². The Balaban J connectivity index is 2.13. The maximum atomic E-state index is 12.3. The van der Waals surface area contributed by atoms with Crippen LogP contribution in [0.5, 0.6) is 0 Å². The molecule has 1 unspecified atom stereocenters. The van der Waals surface area contributed by atoms with Crippen LogP contribution >= 0.6 is 0 Å². The second-order valence-corrected chi connectivity index (χ2v) is 6.46. The number of amides is 1. The van der Waals surface area contributed by atoms with Crippen molar-refractivity contribution in [2.75, 3.05) is 13.1 Å². The third-order valence-corrected chi connectivity index (χ3v) is 4.24. The van der Waals surface area contributed by atoms with E-state index in [0.717, 1.165) is 43.9 Å². The standard InChI is InChI=1S/C16H26N4O/c1-5-16(3,4)20-15(21)13-10-18-14(19-11(13)2)12-7-6-8-17-9-12/h10,12,17H,5-9H2,1-4H3,(H,20,21). The van der Waals surface area contributed by atoms with Crippen LogP contribution in [-0.4, -0.2) is 34.5 Å². The quantitative estimate of drug-likeness (QED) is 0.892. The molecule has 0 radical (unpaired) electrons. The maximum Gasteiger partial charge on any atom is 0.255 e. The Morgan fingerprint density at radius 2 is 2.29 bits per heavy atom. The first-order valence-corrected chi connectivity index (χ1v) is 7.79. The molecule has 2 rings (SSSR count). The van der Waals surface area contributed by atoms with Crippen LogP contribution in [0.25, 0.3) is 0 Å². The maximum absolute atomic E-state index is 12.3. The predicted octanol–water partition coefficient (Wildman–Crippen LogP) is 2.17. The van der Waals surface area contributed by atoms with Crippen molar-refractivity contribution in [3.63, 3.8) is 0 Å². The average Bonchev–Trinajstić information content (AvgIpc) is 2.47. The van der Waals surface area contributed by atoms with E-state index in [1.807, 2.05) is 20.8 Å². The second-order valence-electron chi connectivity index (χ2n) is 6.46. The van der Waals surface area contributed by atoms with Gasteiger partial charge in [0.15, 0.2) is 0 Å². The molecule has 0 saturated carbocycles. The molecule has 0 spiro atoms. The van der Waals surface area contributed by atoms with E-state index in [1.54, 1.807) is 6.20 Å². The van der Waals surface area contributed by atoms with E-state index < -0.39 is 0 Å². The van der Waals surface area contributed by atoms with Gasteiger partial charge in [-0.2, -0.15) is 0 Å². The lowest BCUT2D eigenvalue weighted by atomic mass is 9.98. The number of aryl methyl sites for hydroxylation is 1. The monoisotopic (exact) mass is 290 g/mol. The normalized spacial score (nSPS) is 19.3. The molecule has 1 aliphatic heterocycles. The molecule has 0 aromatic carbocycles. The number of hydrogen-bond acceptors (Lipinski definition) is 4. The van der Waals surface area contributed by atoms with Crippen molar-refractivity contribution in [2.45, 2.75) is 58.4 Å². The second kappa shape index (κ2) is 6.52. The summed E-state index contributed by atoms with van der Waals surface area (Å²) < 4.78 is 0. The van der Waals surface area contributed by atoms with Gasteiger partial charge in [-0.25, -0.2) is 9.97 Å². The Hall–Kier alpha value is -1.49. The van der Waals surface area contributed by atoms with Gasteiger partial charge in [-0.3, -0.25) is 4.79 Å². The van der Waals surface area contributed by atoms with Gasteiger partial charge < -0.3 is 10.6 Å². The molecule has 5 nitrogen and oxygen atoms in total. The molecule has 2 heterocycles. The minimum absolute atomic E-state index is 0.0901. The molecule has 0 aliphatic carbocycles. The van der Waals surface area contributed by atoms with Gasteiger partial charge in [0.2, 0.25) is 0 Å². The lowest BCUT2D eigenvalue weighted by molar-refractivity contribution is 0.0909. The number of hydrogen-bond donors (Lipinski definition) is 2. The Bertz CT molecular complexity index is 507. The van der Waals surface area contributed by atoms with Crippen LogP contribution in [-0.2, 0) is 0 Å². The zero-order valence-electron chi connectivity index (χ0n) is 13.5. The van der Waals surface area contributed by atoms with Gasteiger partial charge in [0.25, 0.3) is 5.91 Å². The Morgan fingerprint density at radius 1 is 1.52 bits per heavy atom. The molecular formula is C16H26N4O. The number of piperidine rings is 1. The first kappa shape index (κ1) is 15.9. The molecule has 21 heavy (non-hydrogen) atoms. The first-order valence-electron chi connectivity index (χ1n) is 7.79. The number of rotatable bonds is 4. The van der Waals surface area contributed by atoms with Gasteiger partial charge >= 0.3 is 0 Å². The fourth-order valence-corrected chi connectivity index (χ4v) is 2.44. The van der Waals surface area contributed by atoms with E-state index in [1.165, 1.54) is 0 Å². The fourth-order valence-electron chi connectivity index (χ4n) is 2.44. The summed E-state index contributed by atoms with van der Waals surface area (Å²) in [5, 5.41) is 6.40. The van der Waals surface area contributed by atoms with Gasteiger partial charge in [0.1, 0.15) is 5.82 Å². The molecule has 1 amide bonds. The number of carbonyl (C=O) groups is 1. The summed E-state index contributed by atoms with van der Waals surface area (Å²) in [5.41, 5.74) is 1.12. The summed E-state index contributed by atoms with van der Waals surface area (Å²) in [7, 11) is 0. The van der Waals surface area contributed by atoms with Crippen molar-refractivity contribution in [1.29, 1.82) is 0 Å². The largest absolute Gasteiger partial charge is 0.347 e. The molecule has 5 heteroatoms. The highest BCUT2D eigenvalue weighted by Gasteiger charge is 2.23. The molecule has 1 fully saturated rings. The molecule has 0 bridgehead atoms. The van der Waals surface area contributed by atoms with Crippen molar-refractivity contribution in [1.82, 2.24) is 20.6 Å². The summed E-state index contributed by atoms with van der Waals surface area (Å²) in [6, 6.07) is 0. The number of carbonyl (C=O) groups excluding carboxylic acids is 1. The number of aromatic nitrogens is 2. The number of nitrogens with one attached hydrogen (secondary N) is 2. The van der Waals surface area contributed by atoms with Crippen LogP contribution in [0.3, 0.4) is 0 Å². The van der Waals surface area contributed by atoms with Gasteiger partial charge in [-0.05, 0) is 46.6 Å². The summed E-state index contributed by atoms with van der Waals surface area (Å²) in [5.74, 6) is 1.13. The van der Waals surface area contributed by atoms with E-state index in [2.05, 4.69) is 27.5 Å². The molecule has 1 aromatic rings. The van der Waals surface area contributed by atoms with Gasteiger partial charge in [0.05, 0.1) is 11.3 Å². The minimum Gasteiger partial charge on any atom is -0.347 e. The smallest absolute Gasteiger partial charge is 0.255 e.